The molecule has 9 nitrogen and oxygen atoms in total. The zero-order chi connectivity index (χ0) is 24.8. The molecule has 1 saturated heterocycles. The summed E-state index contributed by atoms with van der Waals surface area (Å²) < 4.78 is 18.4. The van der Waals surface area contributed by atoms with Crippen molar-refractivity contribution >= 4 is 20.0 Å². The molecule has 1 fully saturated rings. The SMILES string of the molecule is CCc1cn([C@H]2C[C@H](OC(C)=O)[C@@](C#C[Si](CC)(CC)CC)(COC(C)=O)O2)c(=O)[nH]c1=O. The lowest BCUT2D eigenvalue weighted by atomic mass is 9.98. The number of carbonyl (C=O) groups excluding carboxylic acids is 2. The summed E-state index contributed by atoms with van der Waals surface area (Å²) in [5.74, 6) is 2.15. The second-order valence-corrected chi connectivity index (χ2v) is 13.3. The van der Waals surface area contributed by atoms with Crippen LogP contribution in [0.2, 0.25) is 18.1 Å². The minimum absolute atomic E-state index is 0.115. The third-order valence-electron chi connectivity index (χ3n) is 6.38. The largest absolute Gasteiger partial charge is 0.462 e. The average molecular weight is 479 g/mol. The van der Waals surface area contributed by atoms with Crippen molar-refractivity contribution in [1.29, 1.82) is 0 Å². The van der Waals surface area contributed by atoms with Gasteiger partial charge in [-0.25, -0.2) is 4.79 Å². The maximum atomic E-state index is 12.6. The average Bonchev–Trinajstić information content (AvgIpc) is 3.11. The third kappa shape index (κ3) is 6.03. The number of nitrogens with one attached hydrogen (secondary N) is 1. The van der Waals surface area contributed by atoms with Crippen LogP contribution in [0.1, 0.15) is 59.8 Å². The Morgan fingerprint density at radius 1 is 1.18 bits per heavy atom. The molecule has 2 heterocycles. The molecule has 0 radical (unpaired) electrons. The van der Waals surface area contributed by atoms with E-state index >= 15 is 0 Å². The Hall–Kier alpha value is -2.64. The number of H-pyrrole nitrogens is 1. The van der Waals surface area contributed by atoms with Gasteiger partial charge in [-0.1, -0.05) is 33.6 Å². The molecule has 0 unspecified atom stereocenters. The highest BCUT2D eigenvalue weighted by Crippen LogP contribution is 2.39. The van der Waals surface area contributed by atoms with Crippen molar-refractivity contribution in [3.05, 3.63) is 32.6 Å². The monoisotopic (exact) mass is 478 g/mol. The summed E-state index contributed by atoms with van der Waals surface area (Å²) in [7, 11) is -1.93. The summed E-state index contributed by atoms with van der Waals surface area (Å²) in [6.07, 6.45) is 0.257. The number of aromatic nitrogens is 2. The van der Waals surface area contributed by atoms with E-state index in [2.05, 4.69) is 37.2 Å². The summed E-state index contributed by atoms with van der Waals surface area (Å²) in [5.41, 5.74) is 1.34. The molecular formula is C23H34N2O7Si. The molecule has 1 aliphatic rings. The number of ether oxygens (including phenoxy) is 3. The maximum absolute atomic E-state index is 12.6. The van der Waals surface area contributed by atoms with E-state index in [0.717, 1.165) is 18.1 Å². The molecule has 1 N–H and O–H groups in total. The highest BCUT2D eigenvalue weighted by Gasteiger charge is 2.52. The van der Waals surface area contributed by atoms with Gasteiger partial charge >= 0.3 is 17.6 Å². The molecule has 0 spiro atoms. The van der Waals surface area contributed by atoms with Gasteiger partial charge in [-0.3, -0.25) is 23.9 Å². The lowest BCUT2D eigenvalue weighted by molar-refractivity contribution is -0.164. The standard InChI is InChI=1S/C23H34N2O7Si/c1-7-18-14-25(22(29)24-21(18)28)20-13-19(31-17(6)27)23(32-20,15-30-16(5)26)11-12-33(8-2,9-3)10-4/h14,19-20H,7-10,13,15H2,1-6H3,(H,24,28,29)/t19-,20+,23+/m0/s1. The molecule has 1 aromatic heterocycles. The molecule has 182 valence electrons. The number of rotatable bonds is 8. The van der Waals surface area contributed by atoms with E-state index in [0.29, 0.717) is 12.0 Å². The van der Waals surface area contributed by atoms with Crippen molar-refractivity contribution in [2.75, 3.05) is 6.61 Å². The Morgan fingerprint density at radius 3 is 2.33 bits per heavy atom. The highest BCUT2D eigenvalue weighted by atomic mass is 28.3. The number of esters is 2. The Labute approximate surface area is 194 Å². The highest BCUT2D eigenvalue weighted by molar-refractivity contribution is 6.87. The Bertz CT molecular complexity index is 1040. The fourth-order valence-electron chi connectivity index (χ4n) is 3.98. The number of carbonyl (C=O) groups is 2. The van der Waals surface area contributed by atoms with Gasteiger partial charge in [0.25, 0.3) is 5.56 Å². The number of aryl methyl sites for hydroxylation is 1. The van der Waals surface area contributed by atoms with Crippen LogP contribution in [0.25, 0.3) is 0 Å². The van der Waals surface area contributed by atoms with Gasteiger partial charge in [-0.15, -0.1) is 5.54 Å². The van der Waals surface area contributed by atoms with Crippen LogP contribution in [0, 0.1) is 11.5 Å². The fraction of sp³-hybridized carbons (Fsp3) is 0.652. The third-order valence-corrected chi connectivity index (χ3v) is 11.1. The van der Waals surface area contributed by atoms with Gasteiger partial charge in [0.15, 0.2) is 0 Å². The molecule has 0 aromatic carbocycles. The Morgan fingerprint density at radius 2 is 1.82 bits per heavy atom. The van der Waals surface area contributed by atoms with Gasteiger partial charge in [0.05, 0.1) is 0 Å². The molecule has 0 amide bonds. The molecule has 10 heteroatoms. The fourth-order valence-corrected chi connectivity index (χ4v) is 6.49. The van der Waals surface area contributed by atoms with Crippen LogP contribution >= 0.6 is 0 Å². The van der Waals surface area contributed by atoms with Crippen LogP contribution in [0.15, 0.2) is 15.8 Å². The number of hydrogen-bond donors (Lipinski definition) is 1. The first-order valence-electron chi connectivity index (χ1n) is 11.4. The molecule has 1 aromatic rings. The topological polar surface area (TPSA) is 117 Å². The zero-order valence-electron chi connectivity index (χ0n) is 20.3. The van der Waals surface area contributed by atoms with E-state index in [1.807, 2.05) is 0 Å². The number of aromatic amines is 1. The van der Waals surface area contributed by atoms with E-state index in [9.17, 15) is 19.2 Å². The molecule has 0 saturated carbocycles. The van der Waals surface area contributed by atoms with Gasteiger partial charge in [0, 0.05) is 32.0 Å². The van der Waals surface area contributed by atoms with E-state index in [-0.39, 0.29) is 13.0 Å². The molecule has 33 heavy (non-hydrogen) atoms. The van der Waals surface area contributed by atoms with Crippen molar-refractivity contribution in [2.45, 2.75) is 90.4 Å². The van der Waals surface area contributed by atoms with Crippen LogP contribution in [0.4, 0.5) is 0 Å². The van der Waals surface area contributed by atoms with Gasteiger partial charge in [-0.05, 0) is 24.6 Å². The van der Waals surface area contributed by atoms with E-state index in [1.54, 1.807) is 6.92 Å². The second-order valence-electron chi connectivity index (χ2n) is 8.34. The minimum Gasteiger partial charge on any atom is -0.462 e. The van der Waals surface area contributed by atoms with Crippen molar-refractivity contribution in [3.8, 4) is 11.5 Å². The summed E-state index contributed by atoms with van der Waals surface area (Å²) in [5, 5.41) is 0. The Kier molecular flexibility index (Phi) is 8.86. The van der Waals surface area contributed by atoms with Crippen LogP contribution in [0.3, 0.4) is 0 Å². The predicted molar refractivity (Wildman–Crippen MR) is 125 cm³/mol. The lowest BCUT2D eigenvalue weighted by Crippen LogP contribution is -2.46. The predicted octanol–water partition coefficient (Wildman–Crippen LogP) is 2.30. The molecular weight excluding hydrogens is 444 g/mol. The normalized spacial score (nSPS) is 22.4. The first kappa shape index (κ1) is 26.6. The summed E-state index contributed by atoms with van der Waals surface area (Å²) in [6.45, 7) is 10.4. The second kappa shape index (κ2) is 11.0. The number of nitrogens with zero attached hydrogens (tertiary/aromatic N) is 1. The Balaban J connectivity index is 2.63. The molecule has 3 atom stereocenters. The molecule has 0 bridgehead atoms. The van der Waals surface area contributed by atoms with E-state index in [4.69, 9.17) is 14.2 Å². The van der Waals surface area contributed by atoms with E-state index in [1.165, 1.54) is 24.6 Å². The van der Waals surface area contributed by atoms with Crippen LogP contribution in [-0.2, 0) is 30.2 Å². The van der Waals surface area contributed by atoms with Crippen LogP contribution in [-0.4, -0.2) is 47.9 Å². The summed E-state index contributed by atoms with van der Waals surface area (Å²) in [4.78, 5) is 50.4. The molecule has 0 aliphatic carbocycles. The first-order valence-corrected chi connectivity index (χ1v) is 14.0. The van der Waals surface area contributed by atoms with Crippen molar-refractivity contribution < 1.29 is 23.8 Å². The minimum atomic E-state index is -1.93. The maximum Gasteiger partial charge on any atom is 0.330 e. The first-order chi connectivity index (χ1) is 15.5. The van der Waals surface area contributed by atoms with Crippen molar-refractivity contribution in [1.82, 2.24) is 9.55 Å². The smallest absolute Gasteiger partial charge is 0.330 e. The van der Waals surface area contributed by atoms with E-state index < -0.39 is 49.2 Å². The summed E-state index contributed by atoms with van der Waals surface area (Å²) in [6, 6.07) is 2.83. The summed E-state index contributed by atoms with van der Waals surface area (Å²) >= 11 is 0. The quantitative estimate of drug-likeness (QED) is 0.346. The van der Waals surface area contributed by atoms with Crippen molar-refractivity contribution in [2.24, 2.45) is 0 Å². The molecule has 1 aliphatic heterocycles. The van der Waals surface area contributed by atoms with Gasteiger partial charge < -0.3 is 14.2 Å². The van der Waals surface area contributed by atoms with Crippen LogP contribution in [0.5, 0.6) is 0 Å². The van der Waals surface area contributed by atoms with Gasteiger partial charge in [0.1, 0.15) is 27.0 Å². The van der Waals surface area contributed by atoms with Gasteiger partial charge in [-0.2, -0.15) is 0 Å². The van der Waals surface area contributed by atoms with Crippen LogP contribution < -0.4 is 11.2 Å². The van der Waals surface area contributed by atoms with Gasteiger partial charge in [0.2, 0.25) is 5.60 Å². The molecule has 2 rings (SSSR count). The van der Waals surface area contributed by atoms with Crippen molar-refractivity contribution in [3.63, 3.8) is 0 Å². The zero-order valence-corrected chi connectivity index (χ0v) is 21.3. The number of hydrogen-bond acceptors (Lipinski definition) is 7. The lowest BCUT2D eigenvalue weighted by Gasteiger charge is -2.29.